The molecule has 4 aromatic rings. The number of oxazole rings is 1. The number of methoxy groups -OCH3 is 1. The number of hydrogen-bond acceptors (Lipinski definition) is 4. The third-order valence-electron chi connectivity index (χ3n) is 4.92. The van der Waals surface area contributed by atoms with Gasteiger partial charge in [-0.15, -0.1) is 0 Å². The van der Waals surface area contributed by atoms with Crippen LogP contribution in [0.5, 0.6) is 5.75 Å². The Hall–Kier alpha value is -3.28. The first-order chi connectivity index (χ1) is 15.5. The van der Waals surface area contributed by atoms with E-state index in [0.29, 0.717) is 32.9 Å². The van der Waals surface area contributed by atoms with Crippen LogP contribution in [-0.2, 0) is 11.2 Å². The van der Waals surface area contributed by atoms with E-state index in [9.17, 15) is 4.79 Å². The Morgan fingerprint density at radius 2 is 1.91 bits per heavy atom. The SMILES string of the molecule is CCc1ccc2oc(-c3ccc(NC(=O)/C=C/c4cc(Cl)cc(Cl)c4OC)cc3)nc2c1. The molecule has 0 aliphatic carbocycles. The van der Waals surface area contributed by atoms with E-state index in [1.807, 2.05) is 30.3 Å². The summed E-state index contributed by atoms with van der Waals surface area (Å²) in [6.45, 7) is 2.10. The lowest BCUT2D eigenvalue weighted by Crippen LogP contribution is -2.07. The van der Waals surface area contributed by atoms with Gasteiger partial charge in [0.25, 0.3) is 0 Å². The lowest BCUT2D eigenvalue weighted by atomic mass is 10.1. The molecule has 32 heavy (non-hydrogen) atoms. The van der Waals surface area contributed by atoms with Gasteiger partial charge in [0.15, 0.2) is 5.58 Å². The first-order valence-corrected chi connectivity index (χ1v) is 10.7. The number of ether oxygens (including phenoxy) is 1. The lowest BCUT2D eigenvalue weighted by molar-refractivity contribution is -0.111. The van der Waals surface area contributed by atoms with Gasteiger partial charge >= 0.3 is 0 Å². The highest BCUT2D eigenvalue weighted by Crippen LogP contribution is 2.33. The van der Waals surface area contributed by atoms with Crippen molar-refractivity contribution in [2.24, 2.45) is 0 Å². The summed E-state index contributed by atoms with van der Waals surface area (Å²) in [6.07, 6.45) is 3.94. The van der Waals surface area contributed by atoms with Crippen LogP contribution in [0.4, 0.5) is 5.69 Å². The van der Waals surface area contributed by atoms with Crippen molar-refractivity contribution < 1.29 is 13.9 Å². The smallest absolute Gasteiger partial charge is 0.248 e. The van der Waals surface area contributed by atoms with E-state index < -0.39 is 0 Å². The number of nitrogens with one attached hydrogen (secondary N) is 1. The molecule has 5 nitrogen and oxygen atoms in total. The van der Waals surface area contributed by atoms with Gasteiger partial charge < -0.3 is 14.5 Å². The van der Waals surface area contributed by atoms with Crippen LogP contribution in [0.2, 0.25) is 10.0 Å². The fraction of sp³-hybridized carbons (Fsp3) is 0.120. The second kappa shape index (κ2) is 9.47. The number of aromatic nitrogens is 1. The maximum Gasteiger partial charge on any atom is 0.248 e. The molecule has 0 spiro atoms. The molecule has 0 radical (unpaired) electrons. The summed E-state index contributed by atoms with van der Waals surface area (Å²) in [5.41, 5.74) is 4.86. The molecule has 3 aromatic carbocycles. The minimum atomic E-state index is -0.301. The molecule has 1 N–H and O–H groups in total. The summed E-state index contributed by atoms with van der Waals surface area (Å²) in [5.74, 6) is 0.690. The van der Waals surface area contributed by atoms with Crippen molar-refractivity contribution in [1.29, 1.82) is 0 Å². The molecule has 1 amide bonds. The van der Waals surface area contributed by atoms with Crippen LogP contribution in [0.3, 0.4) is 0 Å². The highest BCUT2D eigenvalue weighted by molar-refractivity contribution is 6.36. The van der Waals surface area contributed by atoms with Gasteiger partial charge in [-0.2, -0.15) is 0 Å². The maximum absolute atomic E-state index is 12.4. The van der Waals surface area contributed by atoms with Crippen LogP contribution in [0.25, 0.3) is 28.6 Å². The Morgan fingerprint density at radius 3 is 2.62 bits per heavy atom. The van der Waals surface area contributed by atoms with Crippen molar-refractivity contribution in [2.45, 2.75) is 13.3 Å². The van der Waals surface area contributed by atoms with E-state index in [2.05, 4.69) is 17.2 Å². The molecule has 0 saturated heterocycles. The molecule has 0 fully saturated rings. The average molecular weight is 467 g/mol. The van der Waals surface area contributed by atoms with Crippen molar-refractivity contribution in [2.75, 3.05) is 12.4 Å². The Labute approximate surface area is 195 Å². The molecule has 0 atom stereocenters. The number of rotatable bonds is 6. The number of halogens is 2. The number of carbonyl (C=O) groups excluding carboxylic acids is 1. The maximum atomic E-state index is 12.4. The van der Waals surface area contributed by atoms with Crippen LogP contribution in [0.15, 0.2) is 65.1 Å². The molecule has 4 rings (SSSR count). The Kier molecular flexibility index (Phi) is 6.49. The molecule has 0 aliphatic rings. The molecular formula is C25H20Cl2N2O3. The van der Waals surface area contributed by atoms with Gasteiger partial charge in [0.05, 0.1) is 12.1 Å². The standard InChI is InChI=1S/C25H20Cl2N2O3/c1-3-15-4-10-22-21(12-15)29-25(32-22)16-5-8-19(9-6-16)28-23(30)11-7-17-13-18(26)14-20(27)24(17)31-2/h4-14H,3H2,1-2H3,(H,28,30)/b11-7+. The predicted octanol–water partition coefficient (Wildman–Crippen LogP) is 7.02. The largest absolute Gasteiger partial charge is 0.495 e. The molecule has 162 valence electrons. The van der Waals surface area contributed by atoms with Crippen molar-refractivity contribution in [1.82, 2.24) is 4.98 Å². The van der Waals surface area contributed by atoms with Crippen molar-refractivity contribution >= 4 is 52.0 Å². The van der Waals surface area contributed by atoms with Crippen molar-refractivity contribution in [3.05, 3.63) is 81.8 Å². The minimum absolute atomic E-state index is 0.301. The lowest BCUT2D eigenvalue weighted by Gasteiger charge is -2.08. The van der Waals surface area contributed by atoms with Gasteiger partial charge in [0.2, 0.25) is 11.8 Å². The van der Waals surface area contributed by atoms with Gasteiger partial charge in [-0.3, -0.25) is 4.79 Å². The number of benzene rings is 3. The number of anilines is 1. The summed E-state index contributed by atoms with van der Waals surface area (Å²) in [6, 6.07) is 16.6. The van der Waals surface area contributed by atoms with Crippen molar-refractivity contribution in [3.63, 3.8) is 0 Å². The Bertz CT molecular complexity index is 1310. The third kappa shape index (κ3) is 4.79. The van der Waals surface area contributed by atoms with Gasteiger partial charge in [0, 0.05) is 27.9 Å². The summed E-state index contributed by atoms with van der Waals surface area (Å²) in [5, 5.41) is 3.65. The molecule has 1 aromatic heterocycles. The van der Waals surface area contributed by atoms with Crippen LogP contribution >= 0.6 is 23.2 Å². The van der Waals surface area contributed by atoms with Gasteiger partial charge in [-0.1, -0.05) is 36.2 Å². The first kappa shape index (κ1) is 21.9. The highest BCUT2D eigenvalue weighted by atomic mass is 35.5. The van der Waals surface area contributed by atoms with E-state index in [1.54, 1.807) is 30.3 Å². The number of carbonyl (C=O) groups is 1. The minimum Gasteiger partial charge on any atom is -0.495 e. The summed E-state index contributed by atoms with van der Waals surface area (Å²) < 4.78 is 11.1. The fourth-order valence-corrected chi connectivity index (χ4v) is 3.87. The van der Waals surface area contributed by atoms with Gasteiger partial charge in [0.1, 0.15) is 11.3 Å². The van der Waals surface area contributed by atoms with E-state index in [1.165, 1.54) is 18.7 Å². The van der Waals surface area contributed by atoms with Crippen LogP contribution < -0.4 is 10.1 Å². The van der Waals surface area contributed by atoms with E-state index in [-0.39, 0.29) is 5.91 Å². The molecule has 0 aliphatic heterocycles. The van der Waals surface area contributed by atoms with Crippen LogP contribution in [0.1, 0.15) is 18.1 Å². The average Bonchev–Trinajstić information content (AvgIpc) is 3.21. The number of amides is 1. The highest BCUT2D eigenvalue weighted by Gasteiger charge is 2.10. The van der Waals surface area contributed by atoms with Crippen molar-refractivity contribution in [3.8, 4) is 17.2 Å². The normalized spacial score (nSPS) is 11.2. The number of hydrogen-bond donors (Lipinski definition) is 1. The van der Waals surface area contributed by atoms with Gasteiger partial charge in [-0.05, 0) is 66.6 Å². The Balaban J connectivity index is 1.47. The molecule has 0 bridgehead atoms. The summed E-state index contributed by atoms with van der Waals surface area (Å²) in [4.78, 5) is 16.9. The molecule has 0 saturated carbocycles. The predicted molar refractivity (Wildman–Crippen MR) is 130 cm³/mol. The topological polar surface area (TPSA) is 64.4 Å². The van der Waals surface area contributed by atoms with E-state index in [0.717, 1.165) is 23.1 Å². The summed E-state index contributed by atoms with van der Waals surface area (Å²) >= 11 is 12.2. The molecular weight excluding hydrogens is 447 g/mol. The fourth-order valence-electron chi connectivity index (χ4n) is 3.28. The summed E-state index contributed by atoms with van der Waals surface area (Å²) in [7, 11) is 1.51. The second-order valence-corrected chi connectivity index (χ2v) is 7.93. The Morgan fingerprint density at radius 1 is 1.12 bits per heavy atom. The number of aryl methyl sites for hydroxylation is 1. The monoisotopic (exact) mass is 466 g/mol. The van der Waals surface area contributed by atoms with Crippen LogP contribution in [-0.4, -0.2) is 18.0 Å². The molecule has 0 unspecified atom stereocenters. The first-order valence-electron chi connectivity index (χ1n) is 9.99. The quantitative estimate of drug-likeness (QED) is 0.310. The molecule has 7 heteroatoms. The van der Waals surface area contributed by atoms with Crippen LogP contribution in [0, 0.1) is 0 Å². The zero-order valence-corrected chi connectivity index (χ0v) is 19.0. The van der Waals surface area contributed by atoms with Gasteiger partial charge in [-0.25, -0.2) is 4.98 Å². The molecule has 1 heterocycles. The zero-order chi connectivity index (χ0) is 22.7. The zero-order valence-electron chi connectivity index (χ0n) is 17.5. The van der Waals surface area contributed by atoms with E-state index >= 15 is 0 Å². The van der Waals surface area contributed by atoms with E-state index in [4.69, 9.17) is 32.4 Å². The number of nitrogens with zero attached hydrogens (tertiary/aromatic N) is 1. The third-order valence-corrected chi connectivity index (χ3v) is 5.41. The second-order valence-electron chi connectivity index (χ2n) is 7.08. The number of fused-ring (bicyclic) bond motifs is 1.